The fourth-order valence-electron chi connectivity index (χ4n) is 2.36. The number of aryl methyl sites for hydroxylation is 2. The Morgan fingerprint density at radius 2 is 2.05 bits per heavy atom. The number of nitrogens with zero attached hydrogens (tertiary/aromatic N) is 1. The van der Waals surface area contributed by atoms with Crippen molar-refractivity contribution in [2.24, 2.45) is 0 Å². The molecule has 0 atom stereocenters. The average Bonchev–Trinajstić information content (AvgIpc) is 3.26. The van der Waals surface area contributed by atoms with Gasteiger partial charge in [0.15, 0.2) is 5.89 Å². The Morgan fingerprint density at radius 1 is 1.29 bits per heavy atom. The van der Waals surface area contributed by atoms with Gasteiger partial charge in [0.2, 0.25) is 5.76 Å². The van der Waals surface area contributed by atoms with E-state index in [9.17, 15) is 4.79 Å². The highest BCUT2D eigenvalue weighted by atomic mass is 16.5. The molecular weight excluding hydrogens is 266 g/mol. The maximum atomic E-state index is 11.9. The molecule has 4 heteroatoms. The minimum absolute atomic E-state index is 0.308. The summed E-state index contributed by atoms with van der Waals surface area (Å²) in [7, 11) is 0. The topological polar surface area (TPSA) is 52.3 Å². The summed E-state index contributed by atoms with van der Waals surface area (Å²) in [6, 6.07) is 10.2. The van der Waals surface area contributed by atoms with Gasteiger partial charge in [-0.15, -0.1) is 0 Å². The summed E-state index contributed by atoms with van der Waals surface area (Å²) < 4.78 is 10.7. The highest BCUT2D eigenvalue weighted by molar-refractivity contribution is 5.87. The Balaban J connectivity index is 1.73. The molecule has 0 unspecified atom stereocenters. The van der Waals surface area contributed by atoms with Gasteiger partial charge in [-0.05, 0) is 31.7 Å². The number of benzene rings is 1. The Bertz CT molecular complexity index is 614. The summed E-state index contributed by atoms with van der Waals surface area (Å²) in [6.07, 6.45) is 3.71. The van der Waals surface area contributed by atoms with E-state index in [1.807, 2.05) is 18.2 Å². The molecule has 0 saturated heterocycles. The third-order valence-electron chi connectivity index (χ3n) is 3.59. The van der Waals surface area contributed by atoms with E-state index in [1.54, 1.807) is 6.92 Å². The standard InChI is InChI=1S/C17H19NO3/c1-2-20-17(19)16-15(13-9-10-13)18-14(21-16)11-8-12-6-4-3-5-7-12/h3-7,13H,2,8-11H2,1H3. The summed E-state index contributed by atoms with van der Waals surface area (Å²) in [6.45, 7) is 2.14. The first-order valence-electron chi connectivity index (χ1n) is 7.48. The van der Waals surface area contributed by atoms with Gasteiger partial charge in [0.1, 0.15) is 0 Å². The Hall–Kier alpha value is -2.10. The number of esters is 1. The molecular formula is C17H19NO3. The second kappa shape index (κ2) is 6.12. The second-order valence-corrected chi connectivity index (χ2v) is 5.30. The summed E-state index contributed by atoms with van der Waals surface area (Å²) in [5.74, 6) is 0.919. The largest absolute Gasteiger partial charge is 0.460 e. The Labute approximate surface area is 124 Å². The lowest BCUT2D eigenvalue weighted by Gasteiger charge is -1.99. The van der Waals surface area contributed by atoms with Crippen LogP contribution in [0.15, 0.2) is 34.7 Å². The van der Waals surface area contributed by atoms with Crippen molar-refractivity contribution in [1.29, 1.82) is 0 Å². The highest BCUT2D eigenvalue weighted by Gasteiger charge is 2.34. The Kier molecular flexibility index (Phi) is 4.04. The zero-order valence-corrected chi connectivity index (χ0v) is 12.2. The molecule has 1 aliphatic rings. The third-order valence-corrected chi connectivity index (χ3v) is 3.59. The van der Waals surface area contributed by atoms with Crippen LogP contribution in [0.3, 0.4) is 0 Å². The molecule has 0 bridgehead atoms. The minimum Gasteiger partial charge on any atom is -0.460 e. The predicted octanol–water partition coefficient (Wildman–Crippen LogP) is 3.51. The van der Waals surface area contributed by atoms with Crippen molar-refractivity contribution < 1.29 is 13.9 Å². The maximum absolute atomic E-state index is 11.9. The van der Waals surface area contributed by atoms with Gasteiger partial charge in [0, 0.05) is 12.3 Å². The van der Waals surface area contributed by atoms with Crippen LogP contribution in [0, 0.1) is 0 Å². The van der Waals surface area contributed by atoms with E-state index in [2.05, 4.69) is 17.1 Å². The molecule has 1 aliphatic carbocycles. The van der Waals surface area contributed by atoms with Crippen LogP contribution in [0.2, 0.25) is 0 Å². The molecule has 3 rings (SSSR count). The van der Waals surface area contributed by atoms with Crippen LogP contribution >= 0.6 is 0 Å². The van der Waals surface area contributed by atoms with E-state index in [4.69, 9.17) is 9.15 Å². The first-order chi connectivity index (χ1) is 10.3. The normalized spacial score (nSPS) is 14.1. The van der Waals surface area contributed by atoms with Gasteiger partial charge in [-0.1, -0.05) is 30.3 Å². The minimum atomic E-state index is -0.391. The molecule has 0 aliphatic heterocycles. The number of ether oxygens (including phenoxy) is 1. The smallest absolute Gasteiger partial charge is 0.376 e. The van der Waals surface area contributed by atoms with Gasteiger partial charge in [-0.25, -0.2) is 9.78 Å². The monoisotopic (exact) mass is 285 g/mol. The second-order valence-electron chi connectivity index (χ2n) is 5.30. The van der Waals surface area contributed by atoms with Crippen LogP contribution in [0.4, 0.5) is 0 Å². The van der Waals surface area contributed by atoms with Crippen LogP contribution in [0.5, 0.6) is 0 Å². The molecule has 1 heterocycles. The molecule has 1 aromatic carbocycles. The first-order valence-corrected chi connectivity index (χ1v) is 7.48. The molecule has 2 aromatic rings. The van der Waals surface area contributed by atoms with Gasteiger partial charge >= 0.3 is 5.97 Å². The van der Waals surface area contributed by atoms with Crippen molar-refractivity contribution in [3.63, 3.8) is 0 Å². The van der Waals surface area contributed by atoms with Gasteiger partial charge < -0.3 is 9.15 Å². The van der Waals surface area contributed by atoms with Crippen LogP contribution in [-0.2, 0) is 17.6 Å². The number of hydrogen-bond acceptors (Lipinski definition) is 4. The molecule has 0 N–H and O–H groups in total. The van der Waals surface area contributed by atoms with Gasteiger partial charge in [-0.3, -0.25) is 0 Å². The average molecular weight is 285 g/mol. The molecule has 1 aromatic heterocycles. The molecule has 21 heavy (non-hydrogen) atoms. The van der Waals surface area contributed by atoms with E-state index >= 15 is 0 Å². The molecule has 0 spiro atoms. The number of aromatic nitrogens is 1. The summed E-state index contributed by atoms with van der Waals surface area (Å²) in [5, 5.41) is 0. The maximum Gasteiger partial charge on any atom is 0.376 e. The summed E-state index contributed by atoms with van der Waals surface area (Å²) >= 11 is 0. The zero-order valence-electron chi connectivity index (χ0n) is 12.2. The van der Waals surface area contributed by atoms with E-state index in [1.165, 1.54) is 5.56 Å². The molecule has 1 fully saturated rings. The van der Waals surface area contributed by atoms with E-state index in [-0.39, 0.29) is 0 Å². The number of rotatable bonds is 6. The Morgan fingerprint density at radius 3 is 2.71 bits per heavy atom. The highest BCUT2D eigenvalue weighted by Crippen LogP contribution is 2.41. The van der Waals surface area contributed by atoms with E-state index in [0.29, 0.717) is 30.6 Å². The molecule has 110 valence electrons. The molecule has 0 radical (unpaired) electrons. The van der Waals surface area contributed by atoms with E-state index < -0.39 is 5.97 Å². The van der Waals surface area contributed by atoms with Crippen molar-refractivity contribution in [3.05, 3.63) is 53.2 Å². The lowest BCUT2D eigenvalue weighted by Crippen LogP contribution is -2.05. The van der Waals surface area contributed by atoms with Crippen molar-refractivity contribution in [1.82, 2.24) is 4.98 Å². The number of oxazole rings is 1. The number of carbonyl (C=O) groups excluding carboxylic acids is 1. The summed E-state index contributed by atoms with van der Waals surface area (Å²) in [5.41, 5.74) is 2.03. The lowest BCUT2D eigenvalue weighted by atomic mass is 10.1. The molecule has 0 amide bonds. The third kappa shape index (κ3) is 3.32. The van der Waals surface area contributed by atoms with Crippen molar-refractivity contribution in [2.45, 2.75) is 38.5 Å². The lowest BCUT2D eigenvalue weighted by molar-refractivity contribution is 0.0486. The fourth-order valence-corrected chi connectivity index (χ4v) is 2.36. The number of carbonyl (C=O) groups is 1. The van der Waals surface area contributed by atoms with Crippen LogP contribution in [-0.4, -0.2) is 17.6 Å². The van der Waals surface area contributed by atoms with Crippen molar-refractivity contribution in [3.8, 4) is 0 Å². The number of hydrogen-bond donors (Lipinski definition) is 0. The molecule has 1 saturated carbocycles. The van der Waals surface area contributed by atoms with E-state index in [0.717, 1.165) is 25.0 Å². The van der Waals surface area contributed by atoms with Gasteiger partial charge in [0.05, 0.1) is 12.3 Å². The van der Waals surface area contributed by atoms with Crippen LogP contribution in [0.1, 0.15) is 53.4 Å². The molecule has 4 nitrogen and oxygen atoms in total. The predicted molar refractivity (Wildman–Crippen MR) is 78.3 cm³/mol. The van der Waals surface area contributed by atoms with Gasteiger partial charge in [0.25, 0.3) is 0 Å². The zero-order chi connectivity index (χ0) is 14.7. The first kappa shape index (κ1) is 13.9. The summed E-state index contributed by atoms with van der Waals surface area (Å²) in [4.78, 5) is 16.5. The van der Waals surface area contributed by atoms with Crippen LogP contribution in [0.25, 0.3) is 0 Å². The van der Waals surface area contributed by atoms with Crippen molar-refractivity contribution >= 4 is 5.97 Å². The van der Waals surface area contributed by atoms with Crippen molar-refractivity contribution in [2.75, 3.05) is 6.61 Å². The quantitative estimate of drug-likeness (QED) is 0.762. The van der Waals surface area contributed by atoms with Gasteiger partial charge in [-0.2, -0.15) is 0 Å². The SMILES string of the molecule is CCOC(=O)c1oc(CCc2ccccc2)nc1C1CC1. The fraction of sp³-hybridized carbons (Fsp3) is 0.412. The van der Waals surface area contributed by atoms with Crippen LogP contribution < -0.4 is 0 Å².